The lowest BCUT2D eigenvalue weighted by atomic mass is 10.1. The molecule has 0 saturated carbocycles. The van der Waals surface area contributed by atoms with E-state index in [0.29, 0.717) is 6.42 Å². The fraction of sp³-hybridized carbons (Fsp3) is 0.833. The summed E-state index contributed by atoms with van der Waals surface area (Å²) in [7, 11) is 0. The molecule has 0 aromatic rings. The van der Waals surface area contributed by atoms with Gasteiger partial charge in [-0.3, -0.25) is 14.1 Å². The second-order valence-electron chi connectivity index (χ2n) is 4.21. The van der Waals surface area contributed by atoms with Crippen molar-refractivity contribution in [2.45, 2.75) is 64.4 Å². The van der Waals surface area contributed by atoms with Crippen LogP contribution in [-0.4, -0.2) is 26.9 Å². The molecule has 6 heteroatoms. The van der Waals surface area contributed by atoms with Crippen LogP contribution in [0.4, 0.5) is 0 Å². The molecule has 0 aromatic carbocycles. The molecular weight excluding hydrogens is 256 g/mol. The highest BCUT2D eigenvalue weighted by atomic mass is 32.2. The van der Waals surface area contributed by atoms with E-state index >= 15 is 0 Å². The zero-order chi connectivity index (χ0) is 13.8. The van der Waals surface area contributed by atoms with Gasteiger partial charge in [-0.2, -0.15) is 4.21 Å². The van der Waals surface area contributed by atoms with Gasteiger partial charge in [0, 0.05) is 6.42 Å². The first kappa shape index (κ1) is 17.4. The highest BCUT2D eigenvalue weighted by Gasteiger charge is 2.20. The Morgan fingerprint density at radius 1 is 1.22 bits per heavy atom. The summed E-state index contributed by atoms with van der Waals surface area (Å²) in [5.74, 6) is -0.430. The molecule has 1 N–H and O–H groups in total. The highest BCUT2D eigenvalue weighted by Crippen LogP contribution is 2.09. The van der Waals surface area contributed by atoms with E-state index < -0.39 is 23.2 Å². The number of hydrogen-bond acceptors (Lipinski definition) is 4. The minimum atomic E-state index is -2.58. The first-order valence-corrected chi connectivity index (χ1v) is 7.41. The van der Waals surface area contributed by atoms with Crippen molar-refractivity contribution in [2.75, 3.05) is 0 Å². The summed E-state index contributed by atoms with van der Waals surface area (Å²) < 4.78 is 23.0. The molecule has 2 unspecified atom stereocenters. The molecular formula is C12H22O5S. The van der Waals surface area contributed by atoms with Crippen LogP contribution in [0.2, 0.25) is 0 Å². The number of carbonyl (C=O) groups is 2. The number of Topliss-reactive ketones (excluding diaryl/α,β-unsaturated/α-hetero) is 1. The minimum absolute atomic E-state index is 0.217. The second kappa shape index (κ2) is 11.5. The van der Waals surface area contributed by atoms with Crippen LogP contribution in [0, 0.1) is 0 Å². The van der Waals surface area contributed by atoms with E-state index in [1.54, 1.807) is 0 Å². The number of hydrogen-bond donors (Lipinski definition) is 1. The van der Waals surface area contributed by atoms with Crippen molar-refractivity contribution in [3.05, 3.63) is 0 Å². The van der Waals surface area contributed by atoms with Crippen molar-refractivity contribution in [2.24, 2.45) is 0 Å². The van der Waals surface area contributed by atoms with Gasteiger partial charge in [-0.05, 0) is 6.42 Å². The number of rotatable bonds is 12. The Hall–Kier alpha value is -0.590. The van der Waals surface area contributed by atoms with E-state index in [-0.39, 0.29) is 12.7 Å². The van der Waals surface area contributed by atoms with Crippen molar-refractivity contribution in [1.82, 2.24) is 0 Å². The molecule has 0 rings (SSSR count). The quantitative estimate of drug-likeness (QED) is 0.256. The van der Waals surface area contributed by atoms with Crippen molar-refractivity contribution < 1.29 is 22.5 Å². The van der Waals surface area contributed by atoms with Crippen LogP contribution in [0.15, 0.2) is 0 Å². The van der Waals surface area contributed by atoms with Crippen LogP contribution in [0.5, 0.6) is 0 Å². The van der Waals surface area contributed by atoms with Crippen LogP contribution >= 0.6 is 0 Å². The highest BCUT2D eigenvalue weighted by molar-refractivity contribution is 7.74. The third-order valence-corrected chi connectivity index (χ3v) is 3.03. The van der Waals surface area contributed by atoms with Crippen molar-refractivity contribution >= 4 is 23.4 Å². The van der Waals surface area contributed by atoms with Gasteiger partial charge >= 0.3 is 11.4 Å². The van der Waals surface area contributed by atoms with Gasteiger partial charge in [-0.15, -0.1) is 0 Å². The van der Waals surface area contributed by atoms with Gasteiger partial charge in [-0.1, -0.05) is 45.4 Å². The van der Waals surface area contributed by atoms with Crippen molar-refractivity contribution in [1.29, 1.82) is 0 Å². The summed E-state index contributed by atoms with van der Waals surface area (Å²) in [6, 6.07) is 0. The van der Waals surface area contributed by atoms with E-state index in [2.05, 4.69) is 11.1 Å². The standard InChI is InChI=1S/C12H22O5S/c1-2-3-4-5-6-7-8-9-11(14)12(10-13)17-18(15)16/h10,12H,2-9H2,1H3,(H,15,16). The fourth-order valence-electron chi connectivity index (χ4n) is 1.64. The van der Waals surface area contributed by atoms with Crippen molar-refractivity contribution in [3.63, 3.8) is 0 Å². The predicted octanol–water partition coefficient (Wildman–Crippen LogP) is 2.42. The Balaban J connectivity index is 3.62. The maximum Gasteiger partial charge on any atom is 0.303 e. The molecule has 0 heterocycles. The fourth-order valence-corrected chi connectivity index (χ4v) is 1.97. The lowest BCUT2D eigenvalue weighted by Crippen LogP contribution is -2.26. The maximum absolute atomic E-state index is 11.4. The molecule has 0 spiro atoms. The number of ketones is 1. The SMILES string of the molecule is CCCCCCCCCC(=O)C(C=O)OS(=O)O. The van der Waals surface area contributed by atoms with Gasteiger partial charge < -0.3 is 0 Å². The average molecular weight is 278 g/mol. The van der Waals surface area contributed by atoms with Crippen LogP contribution in [-0.2, 0) is 25.1 Å². The zero-order valence-electron chi connectivity index (χ0n) is 10.8. The minimum Gasteiger partial charge on any atom is -0.300 e. The summed E-state index contributed by atoms with van der Waals surface area (Å²) in [6.45, 7) is 2.16. The molecule has 0 aliphatic rings. The number of aldehydes is 1. The first-order valence-electron chi connectivity index (χ1n) is 6.37. The van der Waals surface area contributed by atoms with Gasteiger partial charge in [0.25, 0.3) is 0 Å². The second-order valence-corrected chi connectivity index (χ2v) is 4.83. The van der Waals surface area contributed by atoms with E-state index in [1.165, 1.54) is 19.3 Å². The van der Waals surface area contributed by atoms with Gasteiger partial charge in [0.2, 0.25) is 0 Å². The third-order valence-electron chi connectivity index (χ3n) is 2.65. The van der Waals surface area contributed by atoms with Crippen LogP contribution in [0.3, 0.4) is 0 Å². The Morgan fingerprint density at radius 3 is 2.28 bits per heavy atom. The Bertz CT molecular complexity index is 267. The van der Waals surface area contributed by atoms with E-state index in [9.17, 15) is 13.8 Å². The largest absolute Gasteiger partial charge is 0.303 e. The topological polar surface area (TPSA) is 80.7 Å². The van der Waals surface area contributed by atoms with E-state index in [1.807, 2.05) is 0 Å². The molecule has 0 aliphatic carbocycles. The molecule has 0 bridgehead atoms. The van der Waals surface area contributed by atoms with Gasteiger partial charge in [-0.25, -0.2) is 4.18 Å². The Labute approximate surface area is 111 Å². The number of unbranched alkanes of at least 4 members (excludes halogenated alkanes) is 6. The molecule has 0 saturated heterocycles. The lowest BCUT2D eigenvalue weighted by Gasteiger charge is -2.06. The Kier molecular flexibility index (Phi) is 11.1. The van der Waals surface area contributed by atoms with Gasteiger partial charge in [0.15, 0.2) is 18.2 Å². The Morgan fingerprint density at radius 2 is 1.78 bits per heavy atom. The first-order chi connectivity index (χ1) is 8.61. The van der Waals surface area contributed by atoms with Gasteiger partial charge in [0.1, 0.15) is 0 Å². The summed E-state index contributed by atoms with van der Waals surface area (Å²) in [5, 5.41) is 0. The lowest BCUT2D eigenvalue weighted by molar-refractivity contribution is -0.130. The van der Waals surface area contributed by atoms with Crippen LogP contribution < -0.4 is 0 Å². The smallest absolute Gasteiger partial charge is 0.300 e. The normalized spacial score (nSPS) is 14.1. The molecule has 106 valence electrons. The average Bonchev–Trinajstić information content (AvgIpc) is 2.34. The molecule has 2 atom stereocenters. The summed E-state index contributed by atoms with van der Waals surface area (Å²) in [5.41, 5.74) is 0. The summed E-state index contributed by atoms with van der Waals surface area (Å²) in [4.78, 5) is 21.9. The molecule has 0 amide bonds. The zero-order valence-corrected chi connectivity index (χ0v) is 11.6. The molecule has 0 radical (unpaired) electrons. The van der Waals surface area contributed by atoms with E-state index in [4.69, 9.17) is 4.55 Å². The van der Waals surface area contributed by atoms with Gasteiger partial charge in [0.05, 0.1) is 0 Å². The van der Waals surface area contributed by atoms with E-state index in [0.717, 1.165) is 19.3 Å². The van der Waals surface area contributed by atoms with Crippen molar-refractivity contribution in [3.8, 4) is 0 Å². The summed E-state index contributed by atoms with van der Waals surface area (Å²) in [6.07, 6.45) is 6.59. The molecule has 18 heavy (non-hydrogen) atoms. The molecule has 0 aromatic heterocycles. The molecule has 5 nitrogen and oxygen atoms in total. The summed E-state index contributed by atoms with van der Waals surface area (Å²) >= 11 is -2.58. The molecule has 0 aliphatic heterocycles. The predicted molar refractivity (Wildman–Crippen MR) is 69.3 cm³/mol. The number of carbonyl (C=O) groups excluding carboxylic acids is 2. The monoisotopic (exact) mass is 278 g/mol. The maximum atomic E-state index is 11.4. The van der Waals surface area contributed by atoms with Crippen LogP contribution in [0.25, 0.3) is 0 Å². The third kappa shape index (κ3) is 9.44. The molecule has 0 fully saturated rings. The van der Waals surface area contributed by atoms with Crippen LogP contribution in [0.1, 0.15) is 58.3 Å².